The third-order valence-electron chi connectivity index (χ3n) is 3.45. The van der Waals surface area contributed by atoms with Crippen molar-refractivity contribution in [3.05, 3.63) is 0 Å². The van der Waals surface area contributed by atoms with E-state index in [2.05, 4.69) is 11.9 Å². The van der Waals surface area contributed by atoms with Crippen molar-refractivity contribution < 1.29 is 20.1 Å². The molecule has 19 heavy (non-hydrogen) atoms. The van der Waals surface area contributed by atoms with Crippen LogP contribution in [0.2, 0.25) is 0 Å². The van der Waals surface area contributed by atoms with Crippen molar-refractivity contribution in [3.8, 4) is 0 Å². The van der Waals surface area contributed by atoms with E-state index in [0.717, 1.165) is 18.1 Å². The Morgan fingerprint density at radius 3 is 2.68 bits per heavy atom. The highest BCUT2D eigenvalue weighted by molar-refractivity contribution is 8.14. The summed E-state index contributed by atoms with van der Waals surface area (Å²) in [6, 6.07) is -0.468. The Morgan fingerprint density at radius 2 is 2.11 bits per heavy atom. The van der Waals surface area contributed by atoms with Crippen LogP contribution in [0.25, 0.3) is 0 Å². The Hall–Kier alpha value is -0.340. The number of rotatable bonds is 3. The molecular formula is C12H22N2O4S. The van der Waals surface area contributed by atoms with Gasteiger partial charge in [-0.1, -0.05) is 18.7 Å². The summed E-state index contributed by atoms with van der Waals surface area (Å²) in [7, 11) is 1.95. The lowest BCUT2D eigenvalue weighted by atomic mass is 9.95. The van der Waals surface area contributed by atoms with Crippen LogP contribution in [0.4, 0.5) is 0 Å². The predicted octanol–water partition coefficient (Wildman–Crippen LogP) is -0.373. The maximum Gasteiger partial charge on any atom is 0.162 e. The third kappa shape index (κ3) is 2.90. The van der Waals surface area contributed by atoms with Gasteiger partial charge in [0.05, 0.1) is 6.10 Å². The van der Waals surface area contributed by atoms with E-state index in [1.807, 2.05) is 11.9 Å². The Kier molecular flexibility index (Phi) is 4.73. The zero-order valence-electron chi connectivity index (χ0n) is 11.4. The summed E-state index contributed by atoms with van der Waals surface area (Å²) in [6.07, 6.45) is -2.70. The van der Waals surface area contributed by atoms with Crippen LogP contribution in [0, 0.1) is 0 Å². The maximum atomic E-state index is 10.1. The van der Waals surface area contributed by atoms with E-state index in [4.69, 9.17) is 4.74 Å². The maximum absolute atomic E-state index is 10.1. The van der Waals surface area contributed by atoms with Gasteiger partial charge in [-0.2, -0.15) is 0 Å². The number of hydrogen-bond donors (Lipinski definition) is 3. The van der Waals surface area contributed by atoms with Gasteiger partial charge < -0.3 is 25.0 Å². The highest BCUT2D eigenvalue weighted by Gasteiger charge is 2.49. The molecule has 2 aliphatic heterocycles. The van der Waals surface area contributed by atoms with Crippen molar-refractivity contribution in [2.24, 2.45) is 4.99 Å². The van der Waals surface area contributed by atoms with Crippen LogP contribution in [-0.2, 0) is 4.74 Å². The predicted molar refractivity (Wildman–Crippen MR) is 74.1 cm³/mol. The van der Waals surface area contributed by atoms with E-state index < -0.39 is 30.5 Å². The minimum Gasteiger partial charge on any atom is -0.391 e. The van der Waals surface area contributed by atoms with Gasteiger partial charge in [-0.05, 0) is 13.3 Å². The molecule has 2 rings (SSSR count). The summed E-state index contributed by atoms with van der Waals surface area (Å²) in [5.41, 5.74) is -0.340. The zero-order valence-corrected chi connectivity index (χ0v) is 12.2. The van der Waals surface area contributed by atoms with E-state index in [1.165, 1.54) is 11.8 Å². The van der Waals surface area contributed by atoms with Gasteiger partial charge in [-0.15, -0.1) is 0 Å². The molecule has 7 heteroatoms. The molecule has 1 saturated heterocycles. The van der Waals surface area contributed by atoms with Gasteiger partial charge in [0.2, 0.25) is 0 Å². The number of fused-ring (bicyclic) bond motifs is 1. The van der Waals surface area contributed by atoms with E-state index in [1.54, 1.807) is 6.92 Å². The second kappa shape index (κ2) is 5.97. The average molecular weight is 290 g/mol. The van der Waals surface area contributed by atoms with E-state index in [0.29, 0.717) is 0 Å². The van der Waals surface area contributed by atoms with Crippen molar-refractivity contribution >= 4 is 16.9 Å². The first kappa shape index (κ1) is 15.1. The van der Waals surface area contributed by atoms with E-state index in [-0.39, 0.29) is 5.44 Å². The molecule has 0 aliphatic carbocycles. The van der Waals surface area contributed by atoms with E-state index >= 15 is 0 Å². The van der Waals surface area contributed by atoms with Crippen molar-refractivity contribution in [2.75, 3.05) is 13.6 Å². The molecule has 3 N–H and O–H groups in total. The van der Waals surface area contributed by atoms with Crippen LogP contribution < -0.4 is 0 Å². The number of aliphatic imine (C=N–C) groups is 1. The quantitative estimate of drug-likeness (QED) is 0.657. The van der Waals surface area contributed by atoms with Crippen molar-refractivity contribution in [1.29, 1.82) is 0 Å². The summed E-state index contributed by atoms with van der Waals surface area (Å²) >= 11 is 1.44. The fourth-order valence-electron chi connectivity index (χ4n) is 2.39. The highest BCUT2D eigenvalue weighted by atomic mass is 32.2. The molecule has 2 heterocycles. The normalized spacial score (nSPS) is 39.7. The summed E-state index contributed by atoms with van der Waals surface area (Å²) in [6.45, 7) is 4.51. The second-order valence-electron chi connectivity index (χ2n) is 5.13. The molecule has 0 aromatic carbocycles. The lowest BCUT2D eigenvalue weighted by Gasteiger charge is -2.39. The van der Waals surface area contributed by atoms with Gasteiger partial charge in [-0.3, -0.25) is 4.99 Å². The minimum atomic E-state index is -1.11. The molecule has 1 unspecified atom stereocenters. The topological polar surface area (TPSA) is 85.5 Å². The SMILES string of the molecule is CCCN(C)C1=N[C@@H]2[C@@H](O)[C@H](O)C([C@H](C)O)O[C@@H]2S1. The van der Waals surface area contributed by atoms with Crippen LogP contribution in [-0.4, -0.2) is 74.9 Å². The molecule has 0 radical (unpaired) electrons. The number of hydrogen-bond acceptors (Lipinski definition) is 7. The van der Waals surface area contributed by atoms with Crippen molar-refractivity contribution in [1.82, 2.24) is 4.90 Å². The number of thioether (sulfide) groups is 1. The van der Waals surface area contributed by atoms with Gasteiger partial charge >= 0.3 is 0 Å². The Bertz CT molecular complexity index is 353. The summed E-state index contributed by atoms with van der Waals surface area (Å²) in [5, 5.41) is 30.5. The van der Waals surface area contributed by atoms with Gasteiger partial charge in [0.25, 0.3) is 0 Å². The fourth-order valence-corrected chi connectivity index (χ4v) is 3.60. The first-order valence-corrected chi connectivity index (χ1v) is 7.49. The van der Waals surface area contributed by atoms with Gasteiger partial charge in [-0.25, -0.2) is 0 Å². The van der Waals surface area contributed by atoms with Crippen LogP contribution in [0.1, 0.15) is 20.3 Å². The third-order valence-corrected chi connectivity index (χ3v) is 4.70. The number of aliphatic hydroxyl groups excluding tert-OH is 3. The molecule has 0 amide bonds. The molecule has 0 spiro atoms. The number of aliphatic hydroxyl groups is 3. The van der Waals surface area contributed by atoms with Crippen LogP contribution in [0.3, 0.4) is 0 Å². The summed E-state index contributed by atoms with van der Waals surface area (Å²) < 4.78 is 5.67. The molecular weight excluding hydrogens is 268 g/mol. The summed E-state index contributed by atoms with van der Waals surface area (Å²) in [5.74, 6) is 0. The number of nitrogens with zero attached hydrogens (tertiary/aromatic N) is 2. The first-order chi connectivity index (χ1) is 8.95. The summed E-state index contributed by atoms with van der Waals surface area (Å²) in [4.78, 5) is 6.46. The molecule has 6 nitrogen and oxygen atoms in total. The van der Waals surface area contributed by atoms with Gasteiger partial charge in [0, 0.05) is 13.6 Å². The van der Waals surface area contributed by atoms with Crippen molar-refractivity contribution in [2.45, 2.75) is 56.2 Å². The number of ether oxygens (including phenoxy) is 1. The smallest absolute Gasteiger partial charge is 0.162 e. The second-order valence-corrected chi connectivity index (χ2v) is 6.20. The monoisotopic (exact) mass is 290 g/mol. The Labute approximate surface area is 117 Å². The van der Waals surface area contributed by atoms with E-state index in [9.17, 15) is 15.3 Å². The number of amidine groups is 1. The van der Waals surface area contributed by atoms with Crippen LogP contribution in [0.5, 0.6) is 0 Å². The van der Waals surface area contributed by atoms with Gasteiger partial charge in [0.1, 0.15) is 29.8 Å². The molecule has 0 bridgehead atoms. The lowest BCUT2D eigenvalue weighted by molar-refractivity contribution is -0.181. The standard InChI is InChI=1S/C12H22N2O4S/c1-4-5-14(3)12-13-7-8(16)9(17)10(6(2)15)18-11(7)19-12/h6-11,15-17H,4-5H2,1-3H3/t6-,7+,8+,9-,10?,11+/m0/s1. The zero-order chi connectivity index (χ0) is 14.2. The lowest BCUT2D eigenvalue weighted by Crippen LogP contribution is -2.57. The molecule has 110 valence electrons. The van der Waals surface area contributed by atoms with Crippen LogP contribution in [0.15, 0.2) is 4.99 Å². The molecule has 0 aromatic heterocycles. The van der Waals surface area contributed by atoms with Gasteiger partial charge in [0.15, 0.2) is 5.17 Å². The first-order valence-electron chi connectivity index (χ1n) is 6.61. The molecule has 1 fully saturated rings. The molecule has 0 aromatic rings. The Balaban J connectivity index is 2.10. The highest BCUT2D eigenvalue weighted by Crippen LogP contribution is 2.37. The molecule has 2 aliphatic rings. The Morgan fingerprint density at radius 1 is 1.42 bits per heavy atom. The average Bonchev–Trinajstić information content (AvgIpc) is 2.78. The van der Waals surface area contributed by atoms with Crippen molar-refractivity contribution in [3.63, 3.8) is 0 Å². The fraction of sp³-hybridized carbons (Fsp3) is 0.917. The molecule has 6 atom stereocenters. The van der Waals surface area contributed by atoms with Crippen LogP contribution >= 0.6 is 11.8 Å². The minimum absolute atomic E-state index is 0.340. The largest absolute Gasteiger partial charge is 0.391 e. The molecule has 0 saturated carbocycles.